The number of carbonyl (C=O) groups is 1. The van der Waals surface area contributed by atoms with E-state index in [2.05, 4.69) is 27.7 Å². The van der Waals surface area contributed by atoms with E-state index in [1.165, 1.54) is 11.0 Å². The van der Waals surface area contributed by atoms with Crippen molar-refractivity contribution in [3.05, 3.63) is 58.1 Å². The quantitative estimate of drug-likeness (QED) is 0.430. The average molecular weight is 497 g/mol. The third-order valence-electron chi connectivity index (χ3n) is 7.03. The lowest BCUT2D eigenvalue weighted by molar-refractivity contribution is -0.384. The molecule has 2 aliphatic heterocycles. The SMILES string of the molecule is CCN1CCN(c2cc(N(C)C(=O)N(C)Cc3ccccc3N3CCOCC3)cc([N+](=O)[O-])c2)CC1. The Kier molecular flexibility index (Phi) is 8.27. The standard InChI is InChI=1S/C26H36N6O4/c1-4-29-9-11-30(12-10-29)23-17-22(18-24(19-23)32(34)35)28(3)26(33)27(2)20-21-7-5-6-8-25(21)31-13-15-36-16-14-31/h5-8,17-19H,4,9-16,20H2,1-3H3. The van der Waals surface area contributed by atoms with E-state index in [1.54, 1.807) is 25.1 Å². The first-order chi connectivity index (χ1) is 17.4. The summed E-state index contributed by atoms with van der Waals surface area (Å²) in [5.41, 5.74) is 3.43. The number of likely N-dealkylation sites (N-methyl/N-ethyl adjacent to an activating group) is 1. The molecule has 2 fully saturated rings. The van der Waals surface area contributed by atoms with E-state index in [0.717, 1.165) is 62.8 Å². The number of nitro groups is 1. The molecule has 2 aromatic carbocycles. The molecule has 2 heterocycles. The first-order valence-corrected chi connectivity index (χ1v) is 12.5. The highest BCUT2D eigenvalue weighted by Crippen LogP contribution is 2.30. The Morgan fingerprint density at radius 1 is 1.00 bits per heavy atom. The third-order valence-corrected chi connectivity index (χ3v) is 7.03. The van der Waals surface area contributed by atoms with Crippen LogP contribution >= 0.6 is 0 Å². The van der Waals surface area contributed by atoms with Gasteiger partial charge in [-0.1, -0.05) is 25.1 Å². The van der Waals surface area contributed by atoms with E-state index in [1.807, 2.05) is 24.3 Å². The maximum atomic E-state index is 13.4. The number of rotatable bonds is 7. The molecule has 0 atom stereocenters. The number of para-hydroxylation sites is 1. The first-order valence-electron chi connectivity index (χ1n) is 12.5. The summed E-state index contributed by atoms with van der Waals surface area (Å²) in [6, 6.07) is 12.8. The number of benzene rings is 2. The van der Waals surface area contributed by atoms with Crippen LogP contribution in [0.25, 0.3) is 0 Å². The number of piperazine rings is 1. The number of amides is 2. The van der Waals surface area contributed by atoms with E-state index in [0.29, 0.717) is 25.4 Å². The smallest absolute Gasteiger partial charge is 0.324 e. The van der Waals surface area contributed by atoms with Crippen LogP contribution in [0.4, 0.5) is 27.5 Å². The molecule has 0 bridgehead atoms. The minimum Gasteiger partial charge on any atom is -0.378 e. The molecule has 0 unspecified atom stereocenters. The minimum absolute atomic E-state index is 0.0135. The Bertz CT molecular complexity index is 1070. The van der Waals surface area contributed by atoms with Crippen molar-refractivity contribution < 1.29 is 14.5 Å². The minimum atomic E-state index is -0.393. The molecule has 0 radical (unpaired) electrons. The van der Waals surface area contributed by atoms with Crippen LogP contribution in [0.1, 0.15) is 12.5 Å². The van der Waals surface area contributed by atoms with E-state index >= 15 is 0 Å². The fourth-order valence-electron chi connectivity index (χ4n) is 4.83. The Hall–Kier alpha value is -3.37. The zero-order chi connectivity index (χ0) is 25.7. The normalized spacial score (nSPS) is 16.6. The molecule has 36 heavy (non-hydrogen) atoms. The van der Waals surface area contributed by atoms with Gasteiger partial charge in [0, 0.05) is 83.4 Å². The van der Waals surface area contributed by atoms with Crippen LogP contribution in [-0.2, 0) is 11.3 Å². The monoisotopic (exact) mass is 496 g/mol. The number of carbonyl (C=O) groups excluding carboxylic acids is 1. The molecule has 2 amide bonds. The molecular formula is C26H36N6O4. The van der Waals surface area contributed by atoms with Crippen LogP contribution in [-0.4, -0.2) is 93.9 Å². The van der Waals surface area contributed by atoms with Gasteiger partial charge in [0.2, 0.25) is 0 Å². The van der Waals surface area contributed by atoms with Crippen LogP contribution in [0.5, 0.6) is 0 Å². The predicted molar refractivity (Wildman–Crippen MR) is 142 cm³/mol. The summed E-state index contributed by atoms with van der Waals surface area (Å²) < 4.78 is 5.49. The lowest BCUT2D eigenvalue weighted by atomic mass is 10.1. The molecule has 2 aliphatic rings. The molecular weight excluding hydrogens is 460 g/mol. The number of urea groups is 1. The van der Waals surface area contributed by atoms with E-state index in [4.69, 9.17) is 4.74 Å². The number of nitro benzene ring substituents is 1. The van der Waals surface area contributed by atoms with Crippen molar-refractivity contribution in [2.45, 2.75) is 13.5 Å². The second-order valence-corrected chi connectivity index (χ2v) is 9.31. The number of morpholine rings is 1. The highest BCUT2D eigenvalue weighted by molar-refractivity contribution is 5.92. The topological polar surface area (TPSA) is 85.6 Å². The Morgan fingerprint density at radius 3 is 2.36 bits per heavy atom. The molecule has 0 aromatic heterocycles. The maximum Gasteiger partial charge on any atom is 0.324 e. The van der Waals surface area contributed by atoms with Gasteiger partial charge in [-0.3, -0.25) is 15.0 Å². The van der Waals surface area contributed by atoms with Crippen molar-refractivity contribution in [2.75, 3.05) is 87.8 Å². The lowest BCUT2D eigenvalue weighted by Gasteiger charge is -2.36. The fourth-order valence-corrected chi connectivity index (χ4v) is 4.83. The van der Waals surface area contributed by atoms with E-state index in [9.17, 15) is 14.9 Å². The molecule has 2 saturated heterocycles. The Labute approximate surface area is 212 Å². The molecule has 10 heteroatoms. The van der Waals surface area contributed by atoms with Crippen LogP contribution in [0, 0.1) is 10.1 Å². The van der Waals surface area contributed by atoms with Gasteiger partial charge in [0.1, 0.15) is 0 Å². The largest absolute Gasteiger partial charge is 0.378 e. The van der Waals surface area contributed by atoms with Crippen LogP contribution in [0.2, 0.25) is 0 Å². The molecule has 0 spiro atoms. The number of non-ortho nitro benzene ring substituents is 1. The number of hydrogen-bond donors (Lipinski definition) is 0. The van der Waals surface area contributed by atoms with Gasteiger partial charge < -0.3 is 24.3 Å². The van der Waals surface area contributed by atoms with Crippen LogP contribution in [0.15, 0.2) is 42.5 Å². The van der Waals surface area contributed by atoms with Gasteiger partial charge in [0.25, 0.3) is 5.69 Å². The van der Waals surface area contributed by atoms with Gasteiger partial charge in [-0.15, -0.1) is 0 Å². The van der Waals surface area contributed by atoms with Gasteiger partial charge in [-0.05, 0) is 24.2 Å². The van der Waals surface area contributed by atoms with Gasteiger partial charge in [-0.2, -0.15) is 0 Å². The first kappa shape index (κ1) is 25.7. The highest BCUT2D eigenvalue weighted by Gasteiger charge is 2.24. The summed E-state index contributed by atoms with van der Waals surface area (Å²) >= 11 is 0. The summed E-state index contributed by atoms with van der Waals surface area (Å²) in [4.78, 5) is 34.7. The van der Waals surface area contributed by atoms with E-state index < -0.39 is 4.92 Å². The van der Waals surface area contributed by atoms with Gasteiger partial charge >= 0.3 is 6.03 Å². The molecule has 10 nitrogen and oxygen atoms in total. The molecule has 0 aliphatic carbocycles. The molecule has 4 rings (SSSR count). The third kappa shape index (κ3) is 5.88. The van der Waals surface area contributed by atoms with Gasteiger partial charge in [0.05, 0.1) is 23.8 Å². The van der Waals surface area contributed by atoms with Crippen molar-refractivity contribution in [3.8, 4) is 0 Å². The summed E-state index contributed by atoms with van der Waals surface area (Å²) in [5, 5.41) is 11.7. The Morgan fingerprint density at radius 2 is 1.69 bits per heavy atom. The lowest BCUT2D eigenvalue weighted by Crippen LogP contribution is -2.46. The number of nitrogens with zero attached hydrogens (tertiary/aromatic N) is 6. The second-order valence-electron chi connectivity index (χ2n) is 9.31. The van der Waals surface area contributed by atoms with Crippen LogP contribution < -0.4 is 14.7 Å². The van der Waals surface area contributed by atoms with Gasteiger partial charge in [-0.25, -0.2) is 4.79 Å². The average Bonchev–Trinajstić information content (AvgIpc) is 2.92. The van der Waals surface area contributed by atoms with Crippen LogP contribution in [0.3, 0.4) is 0 Å². The summed E-state index contributed by atoms with van der Waals surface area (Å²) in [6.07, 6.45) is 0. The molecule has 0 N–H and O–H groups in total. The molecule has 194 valence electrons. The highest BCUT2D eigenvalue weighted by atomic mass is 16.6. The zero-order valence-corrected chi connectivity index (χ0v) is 21.4. The predicted octanol–water partition coefficient (Wildman–Crippen LogP) is 3.26. The second kappa shape index (κ2) is 11.6. The fraction of sp³-hybridized carbons (Fsp3) is 0.500. The van der Waals surface area contributed by atoms with Gasteiger partial charge in [0.15, 0.2) is 0 Å². The number of hydrogen-bond acceptors (Lipinski definition) is 7. The number of anilines is 3. The summed E-state index contributed by atoms with van der Waals surface area (Å²) in [7, 11) is 3.43. The zero-order valence-electron chi connectivity index (χ0n) is 21.4. The van der Waals surface area contributed by atoms with Crippen molar-refractivity contribution >= 4 is 28.8 Å². The Balaban J connectivity index is 1.51. The van der Waals surface area contributed by atoms with Crippen molar-refractivity contribution in [1.29, 1.82) is 0 Å². The molecule has 2 aromatic rings. The summed E-state index contributed by atoms with van der Waals surface area (Å²) in [6.45, 7) is 9.98. The van der Waals surface area contributed by atoms with Crippen molar-refractivity contribution in [2.24, 2.45) is 0 Å². The van der Waals surface area contributed by atoms with E-state index in [-0.39, 0.29) is 11.7 Å². The maximum absolute atomic E-state index is 13.4. The summed E-state index contributed by atoms with van der Waals surface area (Å²) in [5.74, 6) is 0. The number of ether oxygens (including phenoxy) is 1. The van der Waals surface area contributed by atoms with Crippen molar-refractivity contribution in [1.82, 2.24) is 9.80 Å². The molecule has 0 saturated carbocycles. The van der Waals surface area contributed by atoms with Crippen molar-refractivity contribution in [3.63, 3.8) is 0 Å².